The van der Waals surface area contributed by atoms with Crippen molar-refractivity contribution in [2.24, 2.45) is 5.92 Å². The SMILES string of the molecule is O=c1ccc2ccc(OCCC3CCS(=O)(=O)C3)cc2o1. The predicted molar refractivity (Wildman–Crippen MR) is 79.4 cm³/mol. The van der Waals surface area contributed by atoms with E-state index in [0.29, 0.717) is 23.7 Å². The maximum atomic E-state index is 11.4. The monoisotopic (exact) mass is 308 g/mol. The van der Waals surface area contributed by atoms with Gasteiger partial charge in [-0.05, 0) is 37.0 Å². The molecule has 1 unspecified atom stereocenters. The van der Waals surface area contributed by atoms with Gasteiger partial charge >= 0.3 is 5.63 Å². The lowest BCUT2D eigenvalue weighted by atomic mass is 10.1. The number of hydrogen-bond acceptors (Lipinski definition) is 5. The summed E-state index contributed by atoms with van der Waals surface area (Å²) in [6.45, 7) is 0.461. The van der Waals surface area contributed by atoms with Gasteiger partial charge in [-0.2, -0.15) is 0 Å². The normalized spacial score (nSPS) is 20.7. The average Bonchev–Trinajstić information content (AvgIpc) is 2.78. The Bertz CT molecular complexity index is 806. The molecule has 0 aliphatic carbocycles. The van der Waals surface area contributed by atoms with Gasteiger partial charge in [-0.25, -0.2) is 13.2 Å². The Kier molecular flexibility index (Phi) is 3.71. The molecule has 1 fully saturated rings. The van der Waals surface area contributed by atoms with Gasteiger partial charge in [0.25, 0.3) is 0 Å². The van der Waals surface area contributed by atoms with Crippen LogP contribution in [0.2, 0.25) is 0 Å². The van der Waals surface area contributed by atoms with E-state index in [1.807, 2.05) is 12.1 Å². The number of benzene rings is 1. The second-order valence-electron chi connectivity index (χ2n) is 5.36. The molecule has 112 valence electrons. The summed E-state index contributed by atoms with van der Waals surface area (Å²) in [5, 5.41) is 0.837. The molecule has 1 aromatic carbocycles. The average molecular weight is 308 g/mol. The molecule has 1 aliphatic rings. The third-order valence-electron chi connectivity index (χ3n) is 3.72. The van der Waals surface area contributed by atoms with E-state index in [0.717, 1.165) is 18.2 Å². The zero-order chi connectivity index (χ0) is 14.9. The second-order valence-corrected chi connectivity index (χ2v) is 7.59. The Morgan fingerprint density at radius 2 is 2.05 bits per heavy atom. The molecule has 0 radical (unpaired) electrons. The highest BCUT2D eigenvalue weighted by molar-refractivity contribution is 7.91. The molecule has 3 rings (SSSR count). The van der Waals surface area contributed by atoms with E-state index in [1.54, 1.807) is 12.1 Å². The van der Waals surface area contributed by atoms with Crippen LogP contribution in [0.4, 0.5) is 0 Å². The van der Waals surface area contributed by atoms with E-state index in [4.69, 9.17) is 9.15 Å². The number of hydrogen-bond donors (Lipinski definition) is 0. The fourth-order valence-electron chi connectivity index (χ4n) is 2.57. The highest BCUT2D eigenvalue weighted by Crippen LogP contribution is 2.23. The summed E-state index contributed by atoms with van der Waals surface area (Å²) in [6, 6.07) is 8.40. The number of sulfone groups is 1. The summed E-state index contributed by atoms with van der Waals surface area (Å²) >= 11 is 0. The first kappa shape index (κ1) is 14.1. The minimum atomic E-state index is -2.83. The van der Waals surface area contributed by atoms with Crippen LogP contribution in [-0.2, 0) is 9.84 Å². The molecule has 0 saturated carbocycles. The summed E-state index contributed by atoms with van der Waals surface area (Å²) < 4.78 is 33.5. The molecule has 0 N–H and O–H groups in total. The predicted octanol–water partition coefficient (Wildman–Crippen LogP) is 2.00. The molecule has 6 heteroatoms. The molecule has 2 aromatic rings. The molecule has 0 spiro atoms. The maximum Gasteiger partial charge on any atom is 0.336 e. The summed E-state index contributed by atoms with van der Waals surface area (Å²) in [6.07, 6.45) is 1.44. The van der Waals surface area contributed by atoms with Crippen LogP contribution in [0.1, 0.15) is 12.8 Å². The first-order chi connectivity index (χ1) is 10.0. The molecule has 21 heavy (non-hydrogen) atoms. The topological polar surface area (TPSA) is 73.6 Å². The van der Waals surface area contributed by atoms with E-state index >= 15 is 0 Å². The highest BCUT2D eigenvalue weighted by atomic mass is 32.2. The quantitative estimate of drug-likeness (QED) is 0.808. The third kappa shape index (κ3) is 3.44. The fraction of sp³-hybridized carbons (Fsp3) is 0.400. The zero-order valence-electron chi connectivity index (χ0n) is 11.4. The van der Waals surface area contributed by atoms with Crippen LogP contribution < -0.4 is 10.4 Å². The van der Waals surface area contributed by atoms with Gasteiger partial charge < -0.3 is 9.15 Å². The van der Waals surface area contributed by atoms with Gasteiger partial charge in [0.1, 0.15) is 11.3 Å². The Morgan fingerprint density at radius 1 is 1.24 bits per heavy atom. The molecular formula is C15H16O5S. The van der Waals surface area contributed by atoms with Crippen molar-refractivity contribution in [3.05, 3.63) is 40.8 Å². The molecular weight excluding hydrogens is 292 g/mol. The Hall–Kier alpha value is -1.82. The summed E-state index contributed by atoms with van der Waals surface area (Å²) in [5.41, 5.74) is 0.0965. The van der Waals surface area contributed by atoms with E-state index < -0.39 is 15.5 Å². The van der Waals surface area contributed by atoms with Gasteiger partial charge in [0.05, 0.1) is 18.1 Å². The van der Waals surface area contributed by atoms with Gasteiger partial charge in [0.2, 0.25) is 0 Å². The molecule has 0 amide bonds. The number of fused-ring (bicyclic) bond motifs is 1. The smallest absolute Gasteiger partial charge is 0.336 e. The summed E-state index contributed by atoms with van der Waals surface area (Å²) in [4.78, 5) is 11.2. The van der Waals surface area contributed by atoms with Crippen LogP contribution in [0.25, 0.3) is 11.0 Å². The van der Waals surface area contributed by atoms with Gasteiger partial charge in [0.15, 0.2) is 9.84 Å². The van der Waals surface area contributed by atoms with Crippen molar-refractivity contribution in [3.63, 3.8) is 0 Å². The number of rotatable bonds is 4. The van der Waals surface area contributed by atoms with Crippen LogP contribution in [-0.4, -0.2) is 26.5 Å². The van der Waals surface area contributed by atoms with Crippen molar-refractivity contribution in [2.45, 2.75) is 12.8 Å². The van der Waals surface area contributed by atoms with Crippen molar-refractivity contribution in [1.82, 2.24) is 0 Å². The minimum Gasteiger partial charge on any atom is -0.493 e. The molecule has 1 atom stereocenters. The van der Waals surface area contributed by atoms with Gasteiger partial charge in [-0.1, -0.05) is 0 Å². The Balaban J connectivity index is 1.62. The van der Waals surface area contributed by atoms with Crippen molar-refractivity contribution in [3.8, 4) is 5.75 Å². The number of ether oxygens (including phenoxy) is 1. The van der Waals surface area contributed by atoms with Gasteiger partial charge in [-0.15, -0.1) is 0 Å². The van der Waals surface area contributed by atoms with Gasteiger partial charge in [0, 0.05) is 17.5 Å². The molecule has 1 saturated heterocycles. The fourth-order valence-corrected chi connectivity index (χ4v) is 4.48. The van der Waals surface area contributed by atoms with Crippen LogP contribution >= 0.6 is 0 Å². The van der Waals surface area contributed by atoms with E-state index in [-0.39, 0.29) is 11.7 Å². The largest absolute Gasteiger partial charge is 0.493 e. The van der Waals surface area contributed by atoms with Crippen molar-refractivity contribution < 1.29 is 17.6 Å². The summed E-state index contributed by atoms with van der Waals surface area (Å²) in [5.74, 6) is 1.37. The lowest BCUT2D eigenvalue weighted by molar-refractivity contribution is 0.285. The van der Waals surface area contributed by atoms with E-state index in [1.165, 1.54) is 6.07 Å². The standard InChI is InChI=1S/C15H16O5S/c16-15-4-2-12-1-3-13(9-14(12)20-15)19-7-5-11-6-8-21(17,18)10-11/h1-4,9,11H,5-8,10H2. The first-order valence-electron chi connectivity index (χ1n) is 6.89. The lowest BCUT2D eigenvalue weighted by Crippen LogP contribution is -2.09. The molecule has 2 heterocycles. The van der Waals surface area contributed by atoms with Crippen molar-refractivity contribution in [2.75, 3.05) is 18.1 Å². The van der Waals surface area contributed by atoms with Crippen LogP contribution in [0, 0.1) is 5.92 Å². The van der Waals surface area contributed by atoms with Crippen molar-refractivity contribution in [1.29, 1.82) is 0 Å². The van der Waals surface area contributed by atoms with Crippen molar-refractivity contribution >= 4 is 20.8 Å². The Morgan fingerprint density at radius 3 is 2.81 bits per heavy atom. The lowest BCUT2D eigenvalue weighted by Gasteiger charge is -2.09. The first-order valence-corrected chi connectivity index (χ1v) is 8.71. The zero-order valence-corrected chi connectivity index (χ0v) is 12.3. The van der Waals surface area contributed by atoms with Gasteiger partial charge in [-0.3, -0.25) is 0 Å². The minimum absolute atomic E-state index is 0.188. The molecule has 1 aliphatic heterocycles. The van der Waals surface area contributed by atoms with Crippen LogP contribution in [0.3, 0.4) is 0 Å². The van der Waals surface area contributed by atoms with E-state index in [2.05, 4.69) is 0 Å². The highest BCUT2D eigenvalue weighted by Gasteiger charge is 2.27. The molecule has 5 nitrogen and oxygen atoms in total. The maximum absolute atomic E-state index is 11.4. The van der Waals surface area contributed by atoms with Crippen LogP contribution in [0.15, 0.2) is 39.5 Å². The Labute approximate surface area is 122 Å². The molecule has 1 aromatic heterocycles. The summed E-state index contributed by atoms with van der Waals surface area (Å²) in [7, 11) is -2.83. The van der Waals surface area contributed by atoms with E-state index in [9.17, 15) is 13.2 Å². The second kappa shape index (κ2) is 5.52. The van der Waals surface area contributed by atoms with Crippen LogP contribution in [0.5, 0.6) is 5.75 Å². The molecule has 0 bridgehead atoms. The third-order valence-corrected chi connectivity index (χ3v) is 5.55.